The highest BCUT2D eigenvalue weighted by Gasteiger charge is 2.20. The van der Waals surface area contributed by atoms with Crippen molar-refractivity contribution in [1.82, 2.24) is 9.55 Å². The number of hydrogen-bond acceptors (Lipinski definition) is 5. The van der Waals surface area contributed by atoms with Gasteiger partial charge in [0.1, 0.15) is 0 Å². The minimum Gasteiger partial charge on any atom is -0.493 e. The van der Waals surface area contributed by atoms with Gasteiger partial charge in [-0.1, -0.05) is 12.1 Å². The Balaban J connectivity index is 1.82. The summed E-state index contributed by atoms with van der Waals surface area (Å²) >= 11 is 0. The number of para-hydroxylation sites is 2. The van der Waals surface area contributed by atoms with Crippen LogP contribution in [0, 0.1) is 0 Å². The van der Waals surface area contributed by atoms with E-state index in [2.05, 4.69) is 4.98 Å². The summed E-state index contributed by atoms with van der Waals surface area (Å²) in [6, 6.07) is 12.8. The number of carbonyl (C=O) groups excluding carboxylic acids is 1. The highest BCUT2D eigenvalue weighted by atomic mass is 16.5. The quantitative estimate of drug-likeness (QED) is 0.628. The number of esters is 1. The van der Waals surface area contributed by atoms with Crippen molar-refractivity contribution in [1.29, 1.82) is 0 Å². The third-order valence-corrected chi connectivity index (χ3v) is 4.17. The maximum atomic E-state index is 12.6. The molecular formula is C20H22N2O4. The monoisotopic (exact) mass is 354 g/mol. The van der Waals surface area contributed by atoms with Crippen LogP contribution in [0.4, 0.5) is 0 Å². The largest absolute Gasteiger partial charge is 0.493 e. The SMILES string of the molecule is CCOc1cc(C(=O)O[C@H](C)c2nc3ccccc3n2C)ccc1OC. The zero-order valence-corrected chi connectivity index (χ0v) is 15.4. The number of carbonyl (C=O) groups is 1. The van der Waals surface area contributed by atoms with Gasteiger partial charge < -0.3 is 18.8 Å². The Morgan fingerprint density at radius 3 is 2.65 bits per heavy atom. The van der Waals surface area contributed by atoms with Crippen molar-refractivity contribution in [2.45, 2.75) is 20.0 Å². The Kier molecular flexibility index (Phi) is 5.11. The van der Waals surface area contributed by atoms with Crippen LogP contribution < -0.4 is 9.47 Å². The fourth-order valence-corrected chi connectivity index (χ4v) is 2.88. The average molecular weight is 354 g/mol. The number of hydrogen-bond donors (Lipinski definition) is 0. The third kappa shape index (κ3) is 3.35. The molecule has 0 saturated heterocycles. The van der Waals surface area contributed by atoms with Crippen LogP contribution >= 0.6 is 0 Å². The molecule has 0 bridgehead atoms. The van der Waals surface area contributed by atoms with Gasteiger partial charge in [0.2, 0.25) is 0 Å². The average Bonchev–Trinajstić information content (AvgIpc) is 2.99. The standard InChI is InChI=1S/C20H22N2O4/c1-5-25-18-12-14(10-11-17(18)24-4)20(23)26-13(2)19-21-15-8-6-7-9-16(15)22(19)3/h6-13H,5H2,1-4H3/t13-/m1/s1. The van der Waals surface area contributed by atoms with Gasteiger partial charge in [-0.2, -0.15) is 0 Å². The molecule has 1 aromatic heterocycles. The van der Waals surface area contributed by atoms with E-state index in [0.717, 1.165) is 11.0 Å². The van der Waals surface area contributed by atoms with Crippen LogP contribution in [0.5, 0.6) is 11.5 Å². The Bertz CT molecular complexity index is 933. The highest BCUT2D eigenvalue weighted by molar-refractivity contribution is 5.90. The zero-order valence-electron chi connectivity index (χ0n) is 15.4. The lowest BCUT2D eigenvalue weighted by Crippen LogP contribution is -2.13. The second-order valence-corrected chi connectivity index (χ2v) is 5.86. The summed E-state index contributed by atoms with van der Waals surface area (Å²) in [5.41, 5.74) is 2.27. The fraction of sp³-hybridized carbons (Fsp3) is 0.300. The topological polar surface area (TPSA) is 62.6 Å². The molecule has 0 N–H and O–H groups in total. The van der Waals surface area contributed by atoms with Gasteiger partial charge in [0.25, 0.3) is 0 Å². The van der Waals surface area contributed by atoms with Crippen molar-refractivity contribution >= 4 is 17.0 Å². The second kappa shape index (κ2) is 7.47. The molecule has 26 heavy (non-hydrogen) atoms. The van der Waals surface area contributed by atoms with E-state index < -0.39 is 12.1 Å². The number of ether oxygens (including phenoxy) is 3. The van der Waals surface area contributed by atoms with E-state index in [1.807, 2.05) is 49.7 Å². The van der Waals surface area contributed by atoms with Crippen molar-refractivity contribution in [2.75, 3.05) is 13.7 Å². The lowest BCUT2D eigenvalue weighted by Gasteiger charge is -2.15. The van der Waals surface area contributed by atoms with Crippen LogP contribution in [0.15, 0.2) is 42.5 Å². The van der Waals surface area contributed by atoms with Crippen molar-refractivity contribution in [3.05, 3.63) is 53.9 Å². The maximum Gasteiger partial charge on any atom is 0.338 e. The predicted molar refractivity (Wildman–Crippen MR) is 98.7 cm³/mol. The van der Waals surface area contributed by atoms with E-state index in [-0.39, 0.29) is 0 Å². The van der Waals surface area contributed by atoms with Gasteiger partial charge in [-0.05, 0) is 44.2 Å². The first-order chi connectivity index (χ1) is 12.5. The van der Waals surface area contributed by atoms with Crippen LogP contribution in [0.3, 0.4) is 0 Å². The van der Waals surface area contributed by atoms with Crippen molar-refractivity contribution in [2.24, 2.45) is 7.05 Å². The lowest BCUT2D eigenvalue weighted by molar-refractivity contribution is 0.0315. The molecule has 0 aliphatic heterocycles. The van der Waals surface area contributed by atoms with Gasteiger partial charge in [0.05, 0.1) is 30.3 Å². The number of imidazole rings is 1. The van der Waals surface area contributed by atoms with E-state index in [9.17, 15) is 4.79 Å². The summed E-state index contributed by atoms with van der Waals surface area (Å²) in [7, 11) is 3.47. The summed E-state index contributed by atoms with van der Waals surface area (Å²) in [5, 5.41) is 0. The lowest BCUT2D eigenvalue weighted by atomic mass is 10.2. The smallest absolute Gasteiger partial charge is 0.338 e. The number of benzene rings is 2. The number of fused-ring (bicyclic) bond motifs is 1. The van der Waals surface area contributed by atoms with E-state index in [4.69, 9.17) is 14.2 Å². The first-order valence-corrected chi connectivity index (χ1v) is 8.48. The van der Waals surface area contributed by atoms with E-state index >= 15 is 0 Å². The molecule has 0 spiro atoms. The molecule has 0 radical (unpaired) electrons. The number of methoxy groups -OCH3 is 1. The normalized spacial score (nSPS) is 12.0. The van der Waals surface area contributed by atoms with Gasteiger partial charge in [-0.3, -0.25) is 0 Å². The van der Waals surface area contributed by atoms with E-state index in [1.54, 1.807) is 25.3 Å². The highest BCUT2D eigenvalue weighted by Crippen LogP contribution is 2.29. The molecular weight excluding hydrogens is 332 g/mol. The van der Waals surface area contributed by atoms with Crippen molar-refractivity contribution in [3.8, 4) is 11.5 Å². The van der Waals surface area contributed by atoms with Crippen LogP contribution in [0.1, 0.15) is 36.1 Å². The number of rotatable bonds is 6. The summed E-state index contributed by atoms with van der Waals surface area (Å²) < 4.78 is 18.3. The summed E-state index contributed by atoms with van der Waals surface area (Å²) in [4.78, 5) is 17.1. The fourth-order valence-electron chi connectivity index (χ4n) is 2.88. The number of nitrogens with zero attached hydrogens (tertiary/aromatic N) is 2. The molecule has 2 aromatic carbocycles. The van der Waals surface area contributed by atoms with Crippen LogP contribution in [-0.2, 0) is 11.8 Å². The minimum atomic E-state index is -0.488. The zero-order chi connectivity index (χ0) is 18.7. The van der Waals surface area contributed by atoms with Crippen LogP contribution in [-0.4, -0.2) is 29.2 Å². The molecule has 3 rings (SSSR count). The molecule has 1 atom stereocenters. The van der Waals surface area contributed by atoms with Crippen molar-refractivity contribution < 1.29 is 19.0 Å². The summed E-state index contributed by atoms with van der Waals surface area (Å²) in [5.74, 6) is 1.35. The third-order valence-electron chi connectivity index (χ3n) is 4.17. The van der Waals surface area contributed by atoms with Crippen LogP contribution in [0.25, 0.3) is 11.0 Å². The first-order valence-electron chi connectivity index (χ1n) is 8.48. The number of aromatic nitrogens is 2. The summed E-state index contributed by atoms with van der Waals surface area (Å²) in [6.45, 7) is 4.16. The Morgan fingerprint density at radius 2 is 1.96 bits per heavy atom. The molecule has 0 unspecified atom stereocenters. The molecule has 6 heteroatoms. The first kappa shape index (κ1) is 17.8. The molecule has 6 nitrogen and oxygen atoms in total. The molecule has 0 amide bonds. The maximum absolute atomic E-state index is 12.6. The Labute approximate surface area is 152 Å². The van der Waals surface area contributed by atoms with Crippen molar-refractivity contribution in [3.63, 3.8) is 0 Å². The van der Waals surface area contributed by atoms with Gasteiger partial charge >= 0.3 is 5.97 Å². The predicted octanol–water partition coefficient (Wildman–Crippen LogP) is 3.90. The van der Waals surface area contributed by atoms with E-state index in [1.165, 1.54) is 0 Å². The molecule has 0 fully saturated rings. The Hall–Kier alpha value is -3.02. The molecule has 136 valence electrons. The molecule has 3 aromatic rings. The van der Waals surface area contributed by atoms with Gasteiger partial charge in [0, 0.05) is 7.05 Å². The number of aryl methyl sites for hydroxylation is 1. The molecule has 0 saturated carbocycles. The Morgan fingerprint density at radius 1 is 1.19 bits per heavy atom. The second-order valence-electron chi connectivity index (χ2n) is 5.86. The van der Waals surface area contributed by atoms with Gasteiger partial charge in [0.15, 0.2) is 23.4 Å². The summed E-state index contributed by atoms with van der Waals surface area (Å²) in [6.07, 6.45) is -0.488. The molecule has 0 aliphatic rings. The van der Waals surface area contributed by atoms with Gasteiger partial charge in [-0.25, -0.2) is 9.78 Å². The molecule has 0 aliphatic carbocycles. The molecule has 1 heterocycles. The minimum absolute atomic E-state index is 0.403. The van der Waals surface area contributed by atoms with E-state index in [0.29, 0.717) is 29.5 Å². The van der Waals surface area contributed by atoms with Gasteiger partial charge in [-0.15, -0.1) is 0 Å². The van der Waals surface area contributed by atoms with Crippen LogP contribution in [0.2, 0.25) is 0 Å².